The average Bonchev–Trinajstić information content (AvgIpc) is 3.27. The molecule has 1 fully saturated rings. The summed E-state index contributed by atoms with van der Waals surface area (Å²) < 4.78 is 1.98. The fourth-order valence-electron chi connectivity index (χ4n) is 4.44. The molecule has 8 nitrogen and oxygen atoms in total. The van der Waals surface area contributed by atoms with Crippen LogP contribution in [0, 0.1) is 0 Å². The minimum Gasteiger partial charge on any atom is -0.337 e. The first-order valence-electron chi connectivity index (χ1n) is 9.88. The molecule has 0 aromatic carbocycles. The Morgan fingerprint density at radius 3 is 2.97 bits per heavy atom. The highest BCUT2D eigenvalue weighted by Crippen LogP contribution is 2.42. The zero-order valence-corrected chi connectivity index (χ0v) is 16.4. The van der Waals surface area contributed by atoms with Gasteiger partial charge in [-0.1, -0.05) is 0 Å². The fourth-order valence-corrected chi connectivity index (χ4v) is 4.44. The van der Waals surface area contributed by atoms with E-state index in [9.17, 15) is 9.59 Å². The molecule has 8 heteroatoms. The van der Waals surface area contributed by atoms with Crippen molar-refractivity contribution < 1.29 is 9.59 Å². The number of fused-ring (bicyclic) bond motifs is 3. The number of likely N-dealkylation sites (tertiary alicyclic amines) is 1. The summed E-state index contributed by atoms with van der Waals surface area (Å²) in [7, 11) is 0. The largest absolute Gasteiger partial charge is 0.337 e. The first kappa shape index (κ1) is 17.8. The smallest absolute Gasteiger partial charge is 0.255 e. The molecule has 1 N–H and O–H groups in total. The number of carbonyl (C=O) groups is 2. The fraction of sp³-hybridized carbons (Fsp3) is 0.381. The number of nitrogens with one attached hydrogen (secondary N) is 1. The topological polar surface area (TPSA) is 93.0 Å². The summed E-state index contributed by atoms with van der Waals surface area (Å²) in [4.78, 5) is 41.2. The highest BCUT2D eigenvalue weighted by molar-refractivity contribution is 6.06. The molecule has 1 spiro atoms. The Morgan fingerprint density at radius 2 is 2.14 bits per heavy atom. The summed E-state index contributed by atoms with van der Waals surface area (Å²) in [6.45, 7) is 5.05. The third-order valence-corrected chi connectivity index (χ3v) is 5.94. The Bertz CT molecular complexity index is 1140. The van der Waals surface area contributed by atoms with Gasteiger partial charge in [-0.25, -0.2) is 9.97 Å². The van der Waals surface area contributed by atoms with E-state index in [0.717, 1.165) is 23.4 Å². The van der Waals surface area contributed by atoms with Gasteiger partial charge in [0.15, 0.2) is 5.65 Å². The number of imidazole rings is 1. The van der Waals surface area contributed by atoms with E-state index >= 15 is 0 Å². The molecule has 5 rings (SSSR count). The second kappa shape index (κ2) is 6.37. The molecule has 2 aliphatic rings. The lowest BCUT2D eigenvalue weighted by Crippen LogP contribution is -2.52. The van der Waals surface area contributed by atoms with Gasteiger partial charge in [-0.2, -0.15) is 0 Å². The zero-order valence-electron chi connectivity index (χ0n) is 16.4. The van der Waals surface area contributed by atoms with Crippen molar-refractivity contribution in [2.24, 2.45) is 0 Å². The van der Waals surface area contributed by atoms with Gasteiger partial charge >= 0.3 is 0 Å². The molecule has 5 heterocycles. The molecule has 3 aromatic rings. The number of hydrogen-bond acceptors (Lipinski definition) is 5. The summed E-state index contributed by atoms with van der Waals surface area (Å²) in [6.07, 6.45) is 6.48. The molecule has 3 aromatic heterocycles. The van der Waals surface area contributed by atoms with Crippen molar-refractivity contribution >= 4 is 28.7 Å². The zero-order chi connectivity index (χ0) is 20.2. The van der Waals surface area contributed by atoms with E-state index in [1.807, 2.05) is 10.6 Å². The second-order valence-corrected chi connectivity index (χ2v) is 8.08. The van der Waals surface area contributed by atoms with Crippen LogP contribution < -0.4 is 5.32 Å². The summed E-state index contributed by atoms with van der Waals surface area (Å²) in [5.74, 6) is -0.206. The van der Waals surface area contributed by atoms with Crippen LogP contribution in [-0.2, 0) is 10.2 Å². The summed E-state index contributed by atoms with van der Waals surface area (Å²) in [6, 6.07) is 5.69. The van der Waals surface area contributed by atoms with Crippen molar-refractivity contribution in [3.05, 3.63) is 48.2 Å². The van der Waals surface area contributed by atoms with Crippen LogP contribution in [-0.4, -0.2) is 49.3 Å². The van der Waals surface area contributed by atoms with Gasteiger partial charge in [-0.05, 0) is 44.9 Å². The lowest BCUT2D eigenvalue weighted by Gasteiger charge is -2.38. The second-order valence-electron chi connectivity index (χ2n) is 8.08. The van der Waals surface area contributed by atoms with E-state index in [-0.39, 0.29) is 17.9 Å². The van der Waals surface area contributed by atoms with Crippen LogP contribution in [0.3, 0.4) is 0 Å². The van der Waals surface area contributed by atoms with E-state index in [1.165, 1.54) is 0 Å². The minimum absolute atomic E-state index is 0.0760. The molecule has 29 heavy (non-hydrogen) atoms. The monoisotopic (exact) mass is 390 g/mol. The maximum absolute atomic E-state index is 13.2. The van der Waals surface area contributed by atoms with Crippen molar-refractivity contribution in [2.45, 2.75) is 38.1 Å². The first-order valence-corrected chi connectivity index (χ1v) is 9.88. The van der Waals surface area contributed by atoms with Crippen molar-refractivity contribution in [3.8, 4) is 0 Å². The van der Waals surface area contributed by atoms with Crippen molar-refractivity contribution in [3.63, 3.8) is 0 Å². The number of aromatic nitrogens is 4. The third kappa shape index (κ3) is 2.62. The van der Waals surface area contributed by atoms with E-state index < -0.39 is 5.41 Å². The summed E-state index contributed by atoms with van der Waals surface area (Å²) in [5, 5.41) is 2.93. The van der Waals surface area contributed by atoms with Crippen LogP contribution in [0.4, 0.5) is 5.69 Å². The number of carbonyl (C=O) groups excluding carboxylic acids is 2. The number of rotatable bonds is 2. The van der Waals surface area contributed by atoms with Crippen LogP contribution in [0.5, 0.6) is 0 Å². The Morgan fingerprint density at radius 1 is 1.28 bits per heavy atom. The number of piperidine rings is 1. The maximum atomic E-state index is 13.2. The molecule has 0 saturated carbocycles. The van der Waals surface area contributed by atoms with Crippen LogP contribution >= 0.6 is 0 Å². The van der Waals surface area contributed by atoms with Gasteiger partial charge < -0.3 is 14.8 Å². The lowest BCUT2D eigenvalue weighted by molar-refractivity contribution is -0.122. The Hall–Kier alpha value is -3.29. The maximum Gasteiger partial charge on any atom is 0.255 e. The Balaban J connectivity index is 1.46. The van der Waals surface area contributed by atoms with Crippen molar-refractivity contribution in [1.82, 2.24) is 24.4 Å². The molecule has 1 saturated heterocycles. The number of nitrogens with zero attached hydrogens (tertiary/aromatic N) is 5. The van der Waals surface area contributed by atoms with E-state index in [4.69, 9.17) is 0 Å². The number of amides is 2. The van der Waals surface area contributed by atoms with Crippen molar-refractivity contribution in [2.75, 3.05) is 18.4 Å². The molecule has 148 valence electrons. The third-order valence-electron chi connectivity index (χ3n) is 5.94. The van der Waals surface area contributed by atoms with Crippen LogP contribution in [0.15, 0.2) is 36.9 Å². The van der Waals surface area contributed by atoms with Gasteiger partial charge in [0.25, 0.3) is 5.91 Å². The standard InChI is InChI=1S/C21H22N6O2/c1-13(2)27-12-24-16-9-14(10-23-18(16)27)19(28)26-8-4-6-21(11-26)17-15(25-20(21)29)5-3-7-22-17/h3,5,7,9-10,12-13H,4,6,8,11H2,1-2H3,(H,25,29). The minimum atomic E-state index is -0.777. The number of hydrogen-bond donors (Lipinski definition) is 1. The van der Waals surface area contributed by atoms with Gasteiger partial charge in [0.2, 0.25) is 5.91 Å². The van der Waals surface area contributed by atoms with E-state index in [1.54, 1.807) is 35.8 Å². The normalized spacial score (nSPS) is 21.1. The van der Waals surface area contributed by atoms with Crippen LogP contribution in [0.1, 0.15) is 48.8 Å². The summed E-state index contributed by atoms with van der Waals surface area (Å²) >= 11 is 0. The average molecular weight is 390 g/mol. The molecule has 2 amide bonds. The SMILES string of the molecule is CC(C)n1cnc2cc(C(=O)N3CCCC4(C3)C(=O)Nc3cccnc34)cnc21. The molecule has 0 radical (unpaired) electrons. The number of anilines is 1. The predicted molar refractivity (Wildman–Crippen MR) is 108 cm³/mol. The molecule has 1 unspecified atom stereocenters. The molecular formula is C21H22N6O2. The van der Waals surface area contributed by atoms with Gasteiger partial charge in [-0.15, -0.1) is 0 Å². The molecule has 0 aliphatic carbocycles. The molecule has 1 atom stereocenters. The van der Waals surface area contributed by atoms with Crippen LogP contribution in [0.25, 0.3) is 11.2 Å². The highest BCUT2D eigenvalue weighted by Gasteiger charge is 2.51. The number of pyridine rings is 2. The van der Waals surface area contributed by atoms with Gasteiger partial charge in [0.05, 0.1) is 23.3 Å². The highest BCUT2D eigenvalue weighted by atomic mass is 16.2. The predicted octanol–water partition coefficient (Wildman–Crippen LogP) is 2.53. The van der Waals surface area contributed by atoms with Gasteiger partial charge in [0.1, 0.15) is 10.9 Å². The van der Waals surface area contributed by atoms with Crippen molar-refractivity contribution in [1.29, 1.82) is 0 Å². The molecule has 2 aliphatic heterocycles. The van der Waals surface area contributed by atoms with Gasteiger partial charge in [0, 0.05) is 31.5 Å². The lowest BCUT2D eigenvalue weighted by atomic mass is 9.77. The first-order chi connectivity index (χ1) is 14.0. The molecule has 0 bridgehead atoms. The Kier molecular flexibility index (Phi) is 3.90. The quantitative estimate of drug-likeness (QED) is 0.726. The Labute approximate surface area is 168 Å². The van der Waals surface area contributed by atoms with E-state index in [0.29, 0.717) is 30.6 Å². The van der Waals surface area contributed by atoms with Gasteiger partial charge in [-0.3, -0.25) is 14.6 Å². The summed E-state index contributed by atoms with van der Waals surface area (Å²) in [5.41, 5.74) is 2.66. The van der Waals surface area contributed by atoms with E-state index in [2.05, 4.69) is 34.1 Å². The molecular weight excluding hydrogens is 368 g/mol. The van der Waals surface area contributed by atoms with Crippen LogP contribution in [0.2, 0.25) is 0 Å².